The fourth-order valence-electron chi connectivity index (χ4n) is 2.78. The van der Waals surface area contributed by atoms with Crippen molar-refractivity contribution >= 4 is 28.8 Å². The number of anilines is 1. The maximum atomic E-state index is 9.28. The van der Waals surface area contributed by atoms with Crippen LogP contribution in [0.4, 0.5) is 5.82 Å². The molecule has 0 bridgehead atoms. The number of hydrogen-bond acceptors (Lipinski definition) is 6. The van der Waals surface area contributed by atoms with E-state index in [4.69, 9.17) is 16.6 Å². The summed E-state index contributed by atoms with van der Waals surface area (Å²) >= 11 is 7.47. The van der Waals surface area contributed by atoms with E-state index in [2.05, 4.69) is 4.98 Å². The molecule has 5 nitrogen and oxygen atoms in total. The molecule has 1 aliphatic rings. The lowest BCUT2D eigenvalue weighted by molar-refractivity contribution is 0.280. The first kappa shape index (κ1) is 15.7. The summed E-state index contributed by atoms with van der Waals surface area (Å²) in [5, 5.41) is 18.6. The Morgan fingerprint density at radius 3 is 2.55 bits per heavy atom. The largest absolute Gasteiger partial charge is 0.395 e. The van der Waals surface area contributed by atoms with Gasteiger partial charge in [0.05, 0.1) is 22.4 Å². The van der Waals surface area contributed by atoms with Gasteiger partial charge in [0.2, 0.25) is 0 Å². The lowest BCUT2D eigenvalue weighted by Crippen LogP contribution is -2.31. The molecule has 0 aliphatic heterocycles. The van der Waals surface area contributed by atoms with Crippen molar-refractivity contribution in [2.45, 2.75) is 19.3 Å². The van der Waals surface area contributed by atoms with Crippen LogP contribution in [0.1, 0.15) is 17.7 Å². The first-order valence-electron chi connectivity index (χ1n) is 7.35. The van der Waals surface area contributed by atoms with Gasteiger partial charge in [-0.05, 0) is 31.4 Å². The first-order valence-corrected chi connectivity index (χ1v) is 8.54. The number of aryl methyl sites for hydroxylation is 1. The van der Waals surface area contributed by atoms with Crippen molar-refractivity contribution in [2.75, 3.05) is 31.2 Å². The van der Waals surface area contributed by atoms with E-state index < -0.39 is 0 Å². The van der Waals surface area contributed by atoms with Crippen LogP contribution >= 0.6 is 22.9 Å². The number of hydrogen-bond donors (Lipinski definition) is 2. The molecule has 2 aromatic rings. The van der Waals surface area contributed by atoms with Crippen molar-refractivity contribution in [1.29, 1.82) is 0 Å². The molecule has 3 rings (SSSR count). The molecule has 7 heteroatoms. The summed E-state index contributed by atoms with van der Waals surface area (Å²) in [6.45, 7) is 0.960. The number of aliphatic hydroxyl groups excluding tert-OH is 2. The van der Waals surface area contributed by atoms with E-state index in [0.29, 0.717) is 23.3 Å². The van der Waals surface area contributed by atoms with Crippen LogP contribution in [-0.4, -0.2) is 46.5 Å². The van der Waals surface area contributed by atoms with Gasteiger partial charge in [0.25, 0.3) is 0 Å². The van der Waals surface area contributed by atoms with Gasteiger partial charge in [0.1, 0.15) is 5.82 Å². The van der Waals surface area contributed by atoms with E-state index >= 15 is 0 Å². The zero-order chi connectivity index (χ0) is 15.5. The minimum Gasteiger partial charge on any atom is -0.395 e. The molecule has 0 fully saturated rings. The van der Waals surface area contributed by atoms with Crippen LogP contribution in [0.5, 0.6) is 0 Å². The second-order valence-electron chi connectivity index (χ2n) is 5.19. The summed E-state index contributed by atoms with van der Waals surface area (Å²) in [5.41, 5.74) is 2.22. The molecular weight excluding hydrogens is 322 g/mol. The minimum absolute atomic E-state index is 0.0267. The smallest absolute Gasteiger partial charge is 0.171 e. The Morgan fingerprint density at radius 2 is 1.91 bits per heavy atom. The maximum absolute atomic E-state index is 9.28. The molecule has 0 amide bonds. The monoisotopic (exact) mass is 339 g/mol. The number of aliphatic hydroxyl groups is 2. The highest BCUT2D eigenvalue weighted by atomic mass is 35.5. The Morgan fingerprint density at radius 1 is 1.14 bits per heavy atom. The fourth-order valence-corrected chi connectivity index (χ4v) is 3.76. The summed E-state index contributed by atoms with van der Waals surface area (Å²) in [6.07, 6.45) is 2.96. The van der Waals surface area contributed by atoms with Crippen molar-refractivity contribution in [3.05, 3.63) is 27.7 Å². The van der Waals surface area contributed by atoms with Crippen LogP contribution in [0.25, 0.3) is 10.7 Å². The first-order chi connectivity index (χ1) is 10.7. The summed E-state index contributed by atoms with van der Waals surface area (Å²) in [7, 11) is 0. The quantitative estimate of drug-likeness (QED) is 0.843. The Kier molecular flexibility index (Phi) is 4.93. The minimum atomic E-state index is 0.0267. The molecule has 118 valence electrons. The summed E-state index contributed by atoms with van der Waals surface area (Å²) in [4.78, 5) is 12.3. The topological polar surface area (TPSA) is 69.5 Å². The third-order valence-corrected chi connectivity index (χ3v) is 4.97. The van der Waals surface area contributed by atoms with Crippen molar-refractivity contribution < 1.29 is 10.2 Å². The molecule has 0 radical (unpaired) electrons. The third-order valence-electron chi connectivity index (χ3n) is 3.74. The summed E-state index contributed by atoms with van der Waals surface area (Å²) < 4.78 is 0.711. The molecule has 0 spiro atoms. The maximum Gasteiger partial charge on any atom is 0.171 e. The summed E-state index contributed by atoms with van der Waals surface area (Å²) in [6, 6.07) is 3.77. The molecule has 0 saturated carbocycles. The highest BCUT2D eigenvalue weighted by molar-refractivity contribution is 7.19. The van der Waals surface area contributed by atoms with Gasteiger partial charge in [-0.1, -0.05) is 11.6 Å². The Bertz CT molecular complexity index is 656. The van der Waals surface area contributed by atoms with Gasteiger partial charge >= 0.3 is 0 Å². The summed E-state index contributed by atoms with van der Waals surface area (Å²) in [5.74, 6) is 1.51. The predicted molar refractivity (Wildman–Crippen MR) is 88.8 cm³/mol. The molecule has 1 aliphatic carbocycles. The second kappa shape index (κ2) is 6.91. The van der Waals surface area contributed by atoms with Gasteiger partial charge < -0.3 is 15.1 Å². The van der Waals surface area contributed by atoms with Gasteiger partial charge in [-0.2, -0.15) is 0 Å². The lowest BCUT2D eigenvalue weighted by Gasteiger charge is -2.24. The highest BCUT2D eigenvalue weighted by Gasteiger charge is 2.23. The van der Waals surface area contributed by atoms with Crippen LogP contribution in [0, 0.1) is 0 Å². The lowest BCUT2D eigenvalue weighted by atomic mass is 10.2. The number of rotatable bonds is 6. The zero-order valence-electron chi connectivity index (χ0n) is 12.1. The molecule has 0 unspecified atom stereocenters. The number of nitrogens with zero attached hydrogens (tertiary/aromatic N) is 3. The molecule has 0 aromatic carbocycles. The van der Waals surface area contributed by atoms with E-state index in [1.165, 1.54) is 11.3 Å². The molecule has 0 atom stereocenters. The molecule has 2 heterocycles. The van der Waals surface area contributed by atoms with Crippen LogP contribution in [0.2, 0.25) is 4.34 Å². The van der Waals surface area contributed by atoms with Gasteiger partial charge in [0.15, 0.2) is 5.82 Å². The Balaban J connectivity index is 2.05. The normalized spacial score (nSPS) is 13.4. The van der Waals surface area contributed by atoms with Gasteiger partial charge in [-0.15, -0.1) is 11.3 Å². The highest BCUT2D eigenvalue weighted by Crippen LogP contribution is 2.34. The van der Waals surface area contributed by atoms with Crippen LogP contribution in [0.3, 0.4) is 0 Å². The van der Waals surface area contributed by atoms with Gasteiger partial charge in [-0.3, -0.25) is 0 Å². The molecule has 22 heavy (non-hydrogen) atoms. The van der Waals surface area contributed by atoms with Gasteiger partial charge in [0, 0.05) is 24.3 Å². The molecule has 0 saturated heterocycles. The Hall–Kier alpha value is -1.21. The number of aromatic nitrogens is 2. The van der Waals surface area contributed by atoms with E-state index in [1.54, 1.807) is 0 Å². The van der Waals surface area contributed by atoms with E-state index in [-0.39, 0.29) is 13.2 Å². The van der Waals surface area contributed by atoms with Crippen LogP contribution < -0.4 is 4.90 Å². The van der Waals surface area contributed by atoms with Crippen molar-refractivity contribution in [2.24, 2.45) is 0 Å². The molecular formula is C15H18ClN3O2S. The van der Waals surface area contributed by atoms with Crippen molar-refractivity contribution in [1.82, 2.24) is 9.97 Å². The third kappa shape index (κ3) is 3.10. The van der Waals surface area contributed by atoms with Gasteiger partial charge in [-0.25, -0.2) is 9.97 Å². The van der Waals surface area contributed by atoms with Crippen molar-refractivity contribution in [3.63, 3.8) is 0 Å². The van der Waals surface area contributed by atoms with Crippen LogP contribution in [-0.2, 0) is 12.8 Å². The predicted octanol–water partition coefficient (Wildman–Crippen LogP) is 2.14. The standard InChI is InChI=1S/C15H18ClN3O2S/c16-13-5-4-12(22-13)14-17-11-3-1-2-10(11)15(18-14)19(6-8-20)7-9-21/h4-5,20-21H,1-3,6-9H2. The average molecular weight is 340 g/mol. The van der Waals surface area contributed by atoms with E-state index in [0.717, 1.165) is 41.2 Å². The molecule has 2 aromatic heterocycles. The number of halogens is 1. The SMILES string of the molecule is OCCN(CCO)c1nc(-c2ccc(Cl)s2)nc2c1CCC2. The molecule has 2 N–H and O–H groups in total. The average Bonchev–Trinajstić information content (AvgIpc) is 3.14. The van der Waals surface area contributed by atoms with Crippen molar-refractivity contribution in [3.8, 4) is 10.7 Å². The second-order valence-corrected chi connectivity index (χ2v) is 6.90. The van der Waals surface area contributed by atoms with Crippen LogP contribution in [0.15, 0.2) is 12.1 Å². The zero-order valence-corrected chi connectivity index (χ0v) is 13.7. The number of thiophene rings is 1. The van der Waals surface area contributed by atoms with E-state index in [9.17, 15) is 10.2 Å². The Labute approximate surface area is 138 Å². The number of fused-ring (bicyclic) bond motifs is 1. The fraction of sp³-hybridized carbons (Fsp3) is 0.467. The van der Waals surface area contributed by atoms with E-state index in [1.807, 2.05) is 17.0 Å².